The van der Waals surface area contributed by atoms with Gasteiger partial charge < -0.3 is 9.64 Å². The van der Waals surface area contributed by atoms with E-state index in [4.69, 9.17) is 4.74 Å². The zero-order valence-electron chi connectivity index (χ0n) is 10.7. The summed E-state index contributed by atoms with van der Waals surface area (Å²) in [5.41, 5.74) is 2.25. The highest BCUT2D eigenvalue weighted by Gasteiger charge is 2.28. The van der Waals surface area contributed by atoms with Gasteiger partial charge in [0.15, 0.2) is 6.23 Å². The summed E-state index contributed by atoms with van der Waals surface area (Å²) in [6.45, 7) is 6.21. The van der Waals surface area contributed by atoms with Crippen molar-refractivity contribution in [2.24, 2.45) is 0 Å². The number of benzene rings is 1. The smallest absolute Gasteiger partial charge is 0.163 e. The van der Waals surface area contributed by atoms with Crippen molar-refractivity contribution in [2.45, 2.75) is 32.6 Å². The predicted octanol–water partition coefficient (Wildman–Crippen LogP) is 4.01. The van der Waals surface area contributed by atoms with Gasteiger partial charge in [0.25, 0.3) is 0 Å². The summed E-state index contributed by atoms with van der Waals surface area (Å²) in [5, 5.41) is 0. The minimum atomic E-state index is -0.169. The average molecular weight is 296 g/mol. The number of hydrogen-bond donors (Lipinski definition) is 0. The van der Waals surface area contributed by atoms with Gasteiger partial charge in [-0.1, -0.05) is 34.1 Å². The zero-order valence-corrected chi connectivity index (χ0v) is 12.3. The van der Waals surface area contributed by atoms with E-state index in [0.717, 1.165) is 4.48 Å². The minimum absolute atomic E-state index is 0.0510. The normalized spacial score (nSPS) is 19.9. The lowest BCUT2D eigenvalue weighted by Crippen LogP contribution is -2.41. The Bertz CT molecular complexity index is 448. The van der Waals surface area contributed by atoms with Gasteiger partial charge in [0, 0.05) is 17.2 Å². The molecular formula is C14H18BrNO. The molecule has 0 bridgehead atoms. The molecular weight excluding hydrogens is 278 g/mol. The van der Waals surface area contributed by atoms with Gasteiger partial charge >= 0.3 is 0 Å². The van der Waals surface area contributed by atoms with Crippen LogP contribution in [0, 0.1) is 0 Å². The van der Waals surface area contributed by atoms with E-state index in [1.54, 1.807) is 0 Å². The van der Waals surface area contributed by atoms with Crippen molar-refractivity contribution in [1.82, 2.24) is 0 Å². The van der Waals surface area contributed by atoms with Gasteiger partial charge in [0.1, 0.15) is 0 Å². The molecule has 0 N–H and O–H groups in total. The molecule has 0 amide bonds. The second-order valence-corrected chi connectivity index (χ2v) is 6.20. The van der Waals surface area contributed by atoms with Crippen LogP contribution in [0.3, 0.4) is 0 Å². The van der Waals surface area contributed by atoms with Crippen molar-refractivity contribution in [1.29, 1.82) is 0 Å². The molecule has 0 radical (unpaired) electrons. The number of hydrogen-bond acceptors (Lipinski definition) is 2. The summed E-state index contributed by atoms with van der Waals surface area (Å²) in [5.74, 6) is 0. The van der Waals surface area contributed by atoms with Gasteiger partial charge in [0.05, 0.1) is 5.60 Å². The van der Waals surface area contributed by atoms with Gasteiger partial charge in [-0.15, -0.1) is 0 Å². The van der Waals surface area contributed by atoms with Crippen molar-refractivity contribution in [3.63, 3.8) is 0 Å². The van der Waals surface area contributed by atoms with E-state index >= 15 is 0 Å². The Morgan fingerprint density at radius 2 is 1.88 bits per heavy atom. The van der Waals surface area contributed by atoms with Crippen molar-refractivity contribution < 1.29 is 4.74 Å². The average Bonchev–Trinajstić information content (AvgIpc) is 2.23. The van der Waals surface area contributed by atoms with Crippen LogP contribution >= 0.6 is 15.9 Å². The lowest BCUT2D eigenvalue weighted by molar-refractivity contribution is -0.0382. The molecule has 1 heterocycles. The molecule has 1 aliphatic rings. The molecule has 1 aliphatic heterocycles. The van der Waals surface area contributed by atoms with Gasteiger partial charge in [0.2, 0.25) is 0 Å². The van der Waals surface area contributed by atoms with E-state index in [1.165, 1.54) is 11.3 Å². The molecule has 1 aromatic carbocycles. The van der Waals surface area contributed by atoms with E-state index in [2.05, 4.69) is 72.9 Å². The molecule has 2 rings (SSSR count). The minimum Gasteiger partial charge on any atom is -0.348 e. The van der Waals surface area contributed by atoms with Crippen LogP contribution in [0.15, 0.2) is 28.7 Å². The maximum atomic E-state index is 6.07. The first-order valence-electron chi connectivity index (χ1n) is 5.75. The van der Waals surface area contributed by atoms with Crippen LogP contribution < -0.4 is 4.90 Å². The molecule has 2 nitrogen and oxygen atoms in total. The van der Waals surface area contributed by atoms with E-state index in [0.29, 0.717) is 0 Å². The Hall–Kier alpha value is -0.800. The van der Waals surface area contributed by atoms with E-state index < -0.39 is 0 Å². The summed E-state index contributed by atoms with van der Waals surface area (Å²) < 4.78 is 7.13. The molecule has 1 aromatic rings. The predicted molar refractivity (Wildman–Crippen MR) is 76.4 cm³/mol. The summed E-state index contributed by atoms with van der Waals surface area (Å²) in [6, 6.07) is 8.33. The van der Waals surface area contributed by atoms with Crippen LogP contribution in [-0.2, 0) is 4.74 Å². The fourth-order valence-corrected chi connectivity index (χ4v) is 2.58. The molecule has 0 aliphatic carbocycles. The Labute approximate surface area is 111 Å². The van der Waals surface area contributed by atoms with E-state index in [1.807, 2.05) is 6.07 Å². The third-order valence-corrected chi connectivity index (χ3v) is 3.28. The topological polar surface area (TPSA) is 12.5 Å². The molecule has 1 unspecified atom stereocenters. The number of para-hydroxylation sites is 1. The summed E-state index contributed by atoms with van der Waals surface area (Å²) in [4.78, 5) is 2.16. The van der Waals surface area contributed by atoms with Crippen LogP contribution in [0.2, 0.25) is 0 Å². The van der Waals surface area contributed by atoms with Crippen LogP contribution in [0.25, 0.3) is 6.08 Å². The Kier molecular flexibility index (Phi) is 3.32. The molecule has 92 valence electrons. The molecule has 3 heteroatoms. The summed E-state index contributed by atoms with van der Waals surface area (Å²) in [6.07, 6.45) is 2.08. The molecule has 0 saturated heterocycles. The monoisotopic (exact) mass is 295 g/mol. The number of anilines is 1. The number of nitrogens with zero attached hydrogens (tertiary/aromatic N) is 1. The SMILES string of the molecule is CN1c2ccccc2C=C(Br)C1OC(C)(C)C. The third-order valence-electron chi connectivity index (χ3n) is 2.66. The highest BCUT2D eigenvalue weighted by molar-refractivity contribution is 9.11. The fourth-order valence-electron chi connectivity index (χ4n) is 1.93. The highest BCUT2D eigenvalue weighted by atomic mass is 79.9. The molecule has 1 atom stereocenters. The number of fused-ring (bicyclic) bond motifs is 1. The highest BCUT2D eigenvalue weighted by Crippen LogP contribution is 2.35. The molecule has 0 aromatic heterocycles. The van der Waals surface area contributed by atoms with Crippen LogP contribution in [-0.4, -0.2) is 18.9 Å². The molecule has 17 heavy (non-hydrogen) atoms. The van der Waals surface area contributed by atoms with Crippen molar-refractivity contribution in [3.05, 3.63) is 34.3 Å². The van der Waals surface area contributed by atoms with Gasteiger partial charge in [-0.2, -0.15) is 0 Å². The molecule has 0 fully saturated rings. The summed E-state index contributed by atoms with van der Waals surface area (Å²) in [7, 11) is 2.06. The maximum Gasteiger partial charge on any atom is 0.163 e. The third kappa shape index (κ3) is 2.72. The lowest BCUT2D eigenvalue weighted by Gasteiger charge is -2.38. The van der Waals surface area contributed by atoms with Crippen LogP contribution in [0.1, 0.15) is 26.3 Å². The Balaban J connectivity index is 2.35. The second kappa shape index (κ2) is 4.46. The Morgan fingerprint density at radius 1 is 1.24 bits per heavy atom. The first kappa shape index (κ1) is 12.7. The zero-order chi connectivity index (χ0) is 12.6. The van der Waals surface area contributed by atoms with Gasteiger partial charge in [-0.3, -0.25) is 0 Å². The van der Waals surface area contributed by atoms with Gasteiger partial charge in [-0.25, -0.2) is 0 Å². The van der Waals surface area contributed by atoms with Crippen molar-refractivity contribution in [2.75, 3.05) is 11.9 Å². The number of halogens is 1. The first-order valence-corrected chi connectivity index (χ1v) is 6.54. The Morgan fingerprint density at radius 3 is 2.53 bits per heavy atom. The van der Waals surface area contributed by atoms with E-state index in [-0.39, 0.29) is 11.8 Å². The number of rotatable bonds is 1. The number of likely N-dealkylation sites (N-methyl/N-ethyl adjacent to an activating group) is 1. The van der Waals surface area contributed by atoms with Crippen molar-refractivity contribution >= 4 is 27.7 Å². The summed E-state index contributed by atoms with van der Waals surface area (Å²) >= 11 is 3.61. The lowest BCUT2D eigenvalue weighted by atomic mass is 10.1. The maximum absolute atomic E-state index is 6.07. The van der Waals surface area contributed by atoms with Gasteiger partial charge in [-0.05, 0) is 38.5 Å². The van der Waals surface area contributed by atoms with Crippen LogP contribution in [0.4, 0.5) is 5.69 Å². The largest absolute Gasteiger partial charge is 0.348 e. The standard InChI is InChI=1S/C14H18BrNO/c1-14(2,3)17-13-11(15)9-10-7-5-6-8-12(10)16(13)4/h5-9,13H,1-4H3. The quantitative estimate of drug-likeness (QED) is 0.776. The van der Waals surface area contributed by atoms with Crippen molar-refractivity contribution in [3.8, 4) is 0 Å². The first-order chi connectivity index (χ1) is 7.88. The fraction of sp³-hybridized carbons (Fsp3) is 0.429. The van der Waals surface area contributed by atoms with Crippen LogP contribution in [0.5, 0.6) is 0 Å². The molecule has 0 saturated carbocycles. The number of ether oxygens (including phenoxy) is 1. The second-order valence-electron chi connectivity index (χ2n) is 5.28. The molecule has 0 spiro atoms. The van der Waals surface area contributed by atoms with E-state index in [9.17, 15) is 0 Å².